The molecule has 1 aromatic heterocycles. The fraction of sp³-hybridized carbons (Fsp3) is 0.200. The molecule has 9 heteroatoms. The Bertz CT molecular complexity index is 1060. The summed E-state index contributed by atoms with van der Waals surface area (Å²) < 4.78 is 65.2. The lowest BCUT2D eigenvalue weighted by atomic mass is 10.1. The molecule has 0 spiro atoms. The van der Waals surface area contributed by atoms with Crippen molar-refractivity contribution in [1.29, 1.82) is 0 Å². The van der Waals surface area contributed by atoms with Crippen molar-refractivity contribution >= 4 is 17.1 Å². The first-order valence-electron chi connectivity index (χ1n) is 8.42. The molecule has 1 heterocycles. The Hall–Kier alpha value is -2.81. The van der Waals surface area contributed by atoms with Gasteiger partial charge < -0.3 is 5.11 Å². The van der Waals surface area contributed by atoms with E-state index in [1.165, 1.54) is 18.2 Å². The van der Waals surface area contributed by atoms with Crippen LogP contribution in [0.2, 0.25) is 0 Å². The van der Waals surface area contributed by atoms with Gasteiger partial charge in [0.15, 0.2) is 17.3 Å². The normalized spacial score (nSPS) is 11.7. The van der Waals surface area contributed by atoms with Crippen molar-refractivity contribution in [3.05, 3.63) is 69.7 Å². The molecule has 0 fully saturated rings. The van der Waals surface area contributed by atoms with Gasteiger partial charge in [0.2, 0.25) is 5.82 Å². The smallest absolute Gasteiger partial charge is 0.416 e. The first-order valence-corrected chi connectivity index (χ1v) is 9.23. The largest absolute Gasteiger partial charge is 0.505 e. The summed E-state index contributed by atoms with van der Waals surface area (Å²) in [5.41, 5.74) is 0.0248. The second-order valence-corrected chi connectivity index (χ2v) is 7.30. The maximum atomic E-state index is 13.8. The molecule has 0 radical (unpaired) electrons. The van der Waals surface area contributed by atoms with Crippen molar-refractivity contribution in [1.82, 2.24) is 4.98 Å². The van der Waals surface area contributed by atoms with Gasteiger partial charge in [-0.2, -0.15) is 17.6 Å². The standard InChI is InChI=1S/C20H14F5NO2S/c1-10-18(15(28)9-5-11-4-8-14(27)17(22)16(11)21)29-19(26-10)12-2-6-13(7-3-12)20(23,24)25/h2-4,6-8,27H,5,9H2,1H3. The summed E-state index contributed by atoms with van der Waals surface area (Å²) in [4.78, 5) is 17.0. The molecule has 0 atom stereocenters. The maximum Gasteiger partial charge on any atom is 0.416 e. The second-order valence-electron chi connectivity index (χ2n) is 6.30. The predicted molar refractivity (Wildman–Crippen MR) is 98.0 cm³/mol. The first kappa shape index (κ1) is 20.9. The van der Waals surface area contributed by atoms with E-state index in [2.05, 4.69) is 4.98 Å². The topological polar surface area (TPSA) is 50.2 Å². The van der Waals surface area contributed by atoms with E-state index in [4.69, 9.17) is 5.11 Å². The van der Waals surface area contributed by atoms with Crippen LogP contribution < -0.4 is 0 Å². The van der Waals surface area contributed by atoms with E-state index in [9.17, 15) is 26.7 Å². The summed E-state index contributed by atoms with van der Waals surface area (Å²) in [5.74, 6) is -3.72. The number of carbonyl (C=O) groups excluding carboxylic acids is 1. The van der Waals surface area contributed by atoms with Crippen LogP contribution in [-0.4, -0.2) is 15.9 Å². The number of aromatic hydroxyl groups is 1. The van der Waals surface area contributed by atoms with Crippen molar-refractivity contribution in [3.63, 3.8) is 0 Å². The minimum absolute atomic E-state index is 0.0428. The first-order chi connectivity index (χ1) is 13.6. The number of nitrogens with zero attached hydrogens (tertiary/aromatic N) is 1. The fourth-order valence-corrected chi connectivity index (χ4v) is 3.75. The number of rotatable bonds is 5. The molecule has 0 saturated carbocycles. The number of hydrogen-bond acceptors (Lipinski definition) is 4. The summed E-state index contributed by atoms with van der Waals surface area (Å²) in [6.07, 6.45) is -4.63. The van der Waals surface area contributed by atoms with E-state index in [1.807, 2.05) is 0 Å². The van der Waals surface area contributed by atoms with Gasteiger partial charge in [-0.3, -0.25) is 4.79 Å². The number of aryl methyl sites for hydroxylation is 2. The van der Waals surface area contributed by atoms with Crippen molar-refractivity contribution in [2.24, 2.45) is 0 Å². The Kier molecular flexibility index (Phi) is 5.70. The third-order valence-corrected chi connectivity index (χ3v) is 5.52. The van der Waals surface area contributed by atoms with Gasteiger partial charge in [0.1, 0.15) is 5.01 Å². The van der Waals surface area contributed by atoms with Gasteiger partial charge in [-0.25, -0.2) is 9.37 Å². The highest BCUT2D eigenvalue weighted by molar-refractivity contribution is 7.17. The van der Waals surface area contributed by atoms with Gasteiger partial charge >= 0.3 is 6.18 Å². The Balaban J connectivity index is 1.76. The molecule has 0 unspecified atom stereocenters. The molecule has 3 aromatic rings. The molecule has 29 heavy (non-hydrogen) atoms. The van der Waals surface area contributed by atoms with Crippen molar-refractivity contribution in [2.45, 2.75) is 25.9 Å². The minimum atomic E-state index is -4.44. The van der Waals surface area contributed by atoms with Gasteiger partial charge in [-0.05, 0) is 37.1 Å². The van der Waals surface area contributed by atoms with Crippen LogP contribution >= 0.6 is 11.3 Å². The Morgan fingerprint density at radius 2 is 1.72 bits per heavy atom. The monoisotopic (exact) mass is 427 g/mol. The van der Waals surface area contributed by atoms with Crippen LogP contribution in [0, 0.1) is 18.6 Å². The molecular formula is C20H14F5NO2S. The van der Waals surface area contributed by atoms with Crippen LogP contribution in [0.5, 0.6) is 5.75 Å². The van der Waals surface area contributed by atoms with E-state index in [0.717, 1.165) is 29.5 Å². The fourth-order valence-electron chi connectivity index (χ4n) is 2.71. The molecule has 0 saturated heterocycles. The van der Waals surface area contributed by atoms with Crippen molar-refractivity contribution in [2.75, 3.05) is 0 Å². The van der Waals surface area contributed by atoms with E-state index in [1.54, 1.807) is 6.92 Å². The number of hydrogen-bond donors (Lipinski definition) is 1. The molecule has 152 valence electrons. The Labute approximate surface area is 166 Å². The van der Waals surface area contributed by atoms with Gasteiger partial charge in [0.25, 0.3) is 0 Å². The number of benzene rings is 2. The maximum absolute atomic E-state index is 13.8. The third kappa shape index (κ3) is 4.45. The van der Waals surface area contributed by atoms with Gasteiger partial charge in [0, 0.05) is 12.0 Å². The van der Waals surface area contributed by atoms with Crippen LogP contribution in [0.3, 0.4) is 0 Å². The molecule has 0 amide bonds. The summed E-state index contributed by atoms with van der Waals surface area (Å²) in [6.45, 7) is 1.60. The molecule has 0 aliphatic carbocycles. The Morgan fingerprint density at radius 3 is 2.34 bits per heavy atom. The van der Waals surface area contributed by atoms with Crippen LogP contribution in [0.1, 0.15) is 32.9 Å². The molecule has 3 nitrogen and oxygen atoms in total. The van der Waals surface area contributed by atoms with Gasteiger partial charge in [-0.15, -0.1) is 11.3 Å². The van der Waals surface area contributed by atoms with Crippen molar-refractivity contribution < 1.29 is 31.9 Å². The molecule has 0 aliphatic heterocycles. The van der Waals surface area contributed by atoms with Gasteiger partial charge in [-0.1, -0.05) is 18.2 Å². The lowest BCUT2D eigenvalue weighted by molar-refractivity contribution is -0.137. The molecule has 1 N–H and O–H groups in total. The minimum Gasteiger partial charge on any atom is -0.505 e. The number of phenolic OH excluding ortho intramolecular Hbond substituents is 1. The number of aromatic nitrogens is 1. The summed E-state index contributed by atoms with van der Waals surface area (Å²) in [7, 11) is 0. The zero-order chi connectivity index (χ0) is 21.3. The predicted octanol–water partition coefficient (Wildman–Crippen LogP) is 5.94. The van der Waals surface area contributed by atoms with Crippen LogP contribution in [0.25, 0.3) is 10.6 Å². The summed E-state index contributed by atoms with van der Waals surface area (Å²) in [5, 5.41) is 9.53. The zero-order valence-electron chi connectivity index (χ0n) is 15.0. The lowest BCUT2D eigenvalue weighted by Gasteiger charge is -2.06. The van der Waals surface area contributed by atoms with Crippen LogP contribution in [-0.2, 0) is 12.6 Å². The SMILES string of the molecule is Cc1nc(-c2ccc(C(F)(F)F)cc2)sc1C(=O)CCc1ccc(O)c(F)c1F. The average molecular weight is 427 g/mol. The van der Waals surface area contributed by atoms with E-state index >= 15 is 0 Å². The number of halogens is 5. The van der Waals surface area contributed by atoms with E-state index in [0.29, 0.717) is 21.1 Å². The molecule has 0 bridgehead atoms. The van der Waals surface area contributed by atoms with Crippen LogP contribution in [0.15, 0.2) is 36.4 Å². The highest BCUT2D eigenvalue weighted by Gasteiger charge is 2.30. The number of carbonyl (C=O) groups is 1. The van der Waals surface area contributed by atoms with Crippen molar-refractivity contribution in [3.8, 4) is 16.3 Å². The number of thiazole rings is 1. The number of phenols is 1. The van der Waals surface area contributed by atoms with E-state index in [-0.39, 0.29) is 24.2 Å². The highest BCUT2D eigenvalue weighted by atomic mass is 32.1. The third-order valence-electron chi connectivity index (χ3n) is 4.27. The highest BCUT2D eigenvalue weighted by Crippen LogP contribution is 2.33. The lowest BCUT2D eigenvalue weighted by Crippen LogP contribution is -2.03. The Morgan fingerprint density at radius 1 is 1.07 bits per heavy atom. The quantitative estimate of drug-likeness (QED) is 0.405. The summed E-state index contributed by atoms with van der Waals surface area (Å²) in [6, 6.07) is 6.66. The molecule has 3 rings (SSSR count). The number of alkyl halides is 3. The van der Waals surface area contributed by atoms with Crippen LogP contribution in [0.4, 0.5) is 22.0 Å². The van der Waals surface area contributed by atoms with Gasteiger partial charge in [0.05, 0.1) is 16.1 Å². The molecule has 0 aliphatic rings. The average Bonchev–Trinajstić information content (AvgIpc) is 3.06. The zero-order valence-corrected chi connectivity index (χ0v) is 15.8. The molecular weight excluding hydrogens is 413 g/mol. The number of ketones is 1. The summed E-state index contributed by atoms with van der Waals surface area (Å²) >= 11 is 1.03. The number of Topliss-reactive ketones (excluding diaryl/α,β-unsaturated/α-hetero) is 1. The second kappa shape index (κ2) is 7.90. The molecule has 2 aromatic carbocycles. The van der Waals surface area contributed by atoms with E-state index < -0.39 is 29.1 Å².